The zero-order valence-electron chi connectivity index (χ0n) is 7.03. The summed E-state index contributed by atoms with van der Waals surface area (Å²) in [5.41, 5.74) is 5.71. The monoisotopic (exact) mass is 185 g/mol. The van der Waals surface area contributed by atoms with Crippen molar-refractivity contribution in [2.75, 3.05) is 13.2 Å². The second kappa shape index (κ2) is 6.62. The first kappa shape index (κ1) is 12.1. The highest BCUT2D eigenvalue weighted by Crippen LogP contribution is 1.97. The number of aliphatic imine (C=N–C) groups is 1. The molecule has 0 saturated carbocycles. The van der Waals surface area contributed by atoms with Gasteiger partial charge in [-0.05, 0) is 18.7 Å². The number of aliphatic hydroxyl groups is 1. The van der Waals surface area contributed by atoms with Gasteiger partial charge in [0, 0.05) is 19.1 Å². The number of nitrogens with one attached hydrogen (secondary N) is 1. The average molecular weight is 185 g/mol. The molecule has 0 radical (unpaired) electrons. The van der Waals surface area contributed by atoms with Gasteiger partial charge in [0.2, 0.25) is 0 Å². The van der Waals surface area contributed by atoms with Crippen molar-refractivity contribution in [2.45, 2.75) is 26.3 Å². The summed E-state index contributed by atoms with van der Waals surface area (Å²) in [7, 11) is 0. The number of rotatable bonds is 4. The van der Waals surface area contributed by atoms with E-state index in [-0.39, 0.29) is 20.1 Å². The van der Waals surface area contributed by atoms with Gasteiger partial charge in [0.05, 0.1) is 6.54 Å². The third-order valence-electron chi connectivity index (χ3n) is 1.71. The van der Waals surface area contributed by atoms with Crippen molar-refractivity contribution in [3.63, 3.8) is 0 Å². The maximum Gasteiger partial charge on any atom is 0.102 e. The molecule has 4 heteroatoms. The Morgan fingerprint density at radius 2 is 2.46 bits per heavy atom. The van der Waals surface area contributed by atoms with Crippen LogP contribution in [-0.4, -0.2) is 30.1 Å². The Morgan fingerprint density at radius 3 is 3.00 bits per heavy atom. The molecule has 1 atom stereocenters. The summed E-state index contributed by atoms with van der Waals surface area (Å²) in [5, 5.41) is 11.6. The molecule has 13 heavy (non-hydrogen) atoms. The second-order valence-corrected chi connectivity index (χ2v) is 2.81. The van der Waals surface area contributed by atoms with E-state index in [0.717, 1.165) is 12.4 Å². The minimum Gasteiger partial charge on any atom is -0.396 e. The molecule has 0 fully saturated rings. The lowest BCUT2D eigenvalue weighted by Gasteiger charge is -2.13. The molecule has 0 aromatic heterocycles. The predicted octanol–water partition coefficient (Wildman–Crippen LogP) is 0.238. The van der Waals surface area contributed by atoms with Crippen LogP contribution in [0.2, 0.25) is 0 Å². The molecule has 0 aliphatic carbocycles. The maximum atomic E-state index is 8.61. The van der Waals surface area contributed by atoms with Crippen LogP contribution in [-0.2, 0) is 0 Å². The van der Waals surface area contributed by atoms with E-state index in [4.69, 9.17) is 10.8 Å². The van der Waals surface area contributed by atoms with Crippen molar-refractivity contribution in [2.24, 2.45) is 10.7 Å². The molecule has 0 bridgehead atoms. The molecule has 0 saturated heterocycles. The van der Waals surface area contributed by atoms with E-state index in [2.05, 4.69) is 10.3 Å². The van der Waals surface area contributed by atoms with Crippen LogP contribution in [0.1, 0.15) is 20.3 Å². The largest absolute Gasteiger partial charge is 0.396 e. The second-order valence-electron chi connectivity index (χ2n) is 2.81. The summed E-state index contributed by atoms with van der Waals surface area (Å²) >= 11 is 0. The van der Waals surface area contributed by atoms with Crippen LogP contribution in [0.25, 0.3) is 0 Å². The van der Waals surface area contributed by atoms with Crippen LogP contribution in [0.5, 0.6) is 0 Å². The Balaban J connectivity index is 0.00000144. The summed E-state index contributed by atoms with van der Waals surface area (Å²) in [4.78, 5) is 4.21. The number of amidine groups is 1. The first-order valence-electron chi connectivity index (χ1n) is 4.14. The van der Waals surface area contributed by atoms with Gasteiger partial charge in [0.25, 0.3) is 0 Å². The van der Waals surface area contributed by atoms with Gasteiger partial charge in [-0.15, -0.1) is 0 Å². The number of hydrogen-bond donors (Lipinski definition) is 3. The molecular weight excluding hydrogens is 166 g/mol. The molecule has 1 aliphatic heterocycles. The Morgan fingerprint density at radius 1 is 1.69 bits per heavy atom. The van der Waals surface area contributed by atoms with Gasteiger partial charge in [-0.2, -0.15) is 0 Å². The molecule has 1 rings (SSSR count). The van der Waals surface area contributed by atoms with Crippen LogP contribution in [0.3, 0.4) is 0 Å². The van der Waals surface area contributed by atoms with Crippen LogP contribution in [0.15, 0.2) is 17.3 Å². The first-order valence-corrected chi connectivity index (χ1v) is 4.14. The van der Waals surface area contributed by atoms with Crippen LogP contribution < -0.4 is 11.1 Å². The first-order chi connectivity index (χ1) is 5.83. The smallest absolute Gasteiger partial charge is 0.102 e. The van der Waals surface area contributed by atoms with Crippen LogP contribution >= 0.6 is 0 Å². The fourth-order valence-electron chi connectivity index (χ4n) is 1.06. The molecular formula is C9H19N3O. The van der Waals surface area contributed by atoms with Crippen molar-refractivity contribution >= 4 is 5.84 Å². The lowest BCUT2D eigenvalue weighted by molar-refractivity contribution is 0.276. The average Bonchev–Trinajstić information content (AvgIpc) is 2.06. The van der Waals surface area contributed by atoms with Crippen molar-refractivity contribution in [1.82, 2.24) is 5.32 Å². The van der Waals surface area contributed by atoms with Crippen LogP contribution in [0.4, 0.5) is 0 Å². The predicted molar refractivity (Wildman–Crippen MR) is 55.6 cm³/mol. The Kier molecular flexibility index (Phi) is 6.18. The Labute approximate surface area is 79.5 Å². The third-order valence-corrected chi connectivity index (χ3v) is 1.71. The zero-order valence-corrected chi connectivity index (χ0v) is 7.03. The SMILES string of the molecule is C.N[C@@H](CCO)CC1=NCC=CN1. The van der Waals surface area contributed by atoms with Gasteiger partial charge < -0.3 is 16.2 Å². The van der Waals surface area contributed by atoms with Crippen molar-refractivity contribution < 1.29 is 5.11 Å². The van der Waals surface area contributed by atoms with Crippen molar-refractivity contribution in [1.29, 1.82) is 0 Å². The summed E-state index contributed by atoms with van der Waals surface area (Å²) in [6.45, 7) is 0.873. The van der Waals surface area contributed by atoms with E-state index < -0.39 is 0 Å². The van der Waals surface area contributed by atoms with E-state index in [0.29, 0.717) is 12.8 Å². The molecule has 0 aromatic carbocycles. The van der Waals surface area contributed by atoms with Crippen molar-refractivity contribution in [3.05, 3.63) is 12.3 Å². The van der Waals surface area contributed by atoms with Gasteiger partial charge in [0.1, 0.15) is 5.84 Å². The van der Waals surface area contributed by atoms with E-state index >= 15 is 0 Å². The van der Waals surface area contributed by atoms with E-state index in [9.17, 15) is 0 Å². The normalized spacial score (nSPS) is 16.9. The van der Waals surface area contributed by atoms with Gasteiger partial charge in [-0.3, -0.25) is 4.99 Å². The highest BCUT2D eigenvalue weighted by Gasteiger charge is 2.06. The molecule has 4 N–H and O–H groups in total. The van der Waals surface area contributed by atoms with Gasteiger partial charge in [0.15, 0.2) is 0 Å². The summed E-state index contributed by atoms with van der Waals surface area (Å²) in [6, 6.07) is 0.00718. The molecule has 0 spiro atoms. The molecule has 0 aromatic rings. The molecule has 0 amide bonds. The summed E-state index contributed by atoms with van der Waals surface area (Å²) < 4.78 is 0. The number of aliphatic hydroxyl groups excluding tert-OH is 1. The zero-order chi connectivity index (χ0) is 8.81. The number of nitrogens with two attached hydrogens (primary N) is 1. The highest BCUT2D eigenvalue weighted by atomic mass is 16.3. The molecule has 4 nitrogen and oxygen atoms in total. The van der Waals surface area contributed by atoms with Crippen molar-refractivity contribution in [3.8, 4) is 0 Å². The van der Waals surface area contributed by atoms with Crippen LogP contribution in [0, 0.1) is 0 Å². The molecule has 1 heterocycles. The Bertz CT molecular complexity index is 189. The molecule has 76 valence electrons. The van der Waals surface area contributed by atoms with Gasteiger partial charge >= 0.3 is 0 Å². The standard InChI is InChI=1S/C8H15N3O.CH4/c9-7(2-5-12)6-8-10-3-1-4-11-8;/h1,3,7,12H,2,4-6,9H2,(H,10,11);1H4/t7-;/m0./s1. The minimum absolute atomic E-state index is 0. The summed E-state index contributed by atoms with van der Waals surface area (Å²) in [6.07, 6.45) is 5.16. The molecule has 0 unspecified atom stereocenters. The summed E-state index contributed by atoms with van der Waals surface area (Å²) in [5.74, 6) is 0.915. The fourth-order valence-corrected chi connectivity index (χ4v) is 1.06. The topological polar surface area (TPSA) is 70.6 Å². The minimum atomic E-state index is 0. The third kappa shape index (κ3) is 4.65. The number of nitrogens with zero attached hydrogens (tertiary/aromatic N) is 1. The maximum absolute atomic E-state index is 8.61. The quantitative estimate of drug-likeness (QED) is 0.587. The fraction of sp³-hybridized carbons (Fsp3) is 0.667. The molecule has 1 aliphatic rings. The Hall–Kier alpha value is -0.870. The van der Waals surface area contributed by atoms with E-state index in [1.165, 1.54) is 0 Å². The van der Waals surface area contributed by atoms with E-state index in [1.807, 2.05) is 12.3 Å². The number of hydrogen-bond acceptors (Lipinski definition) is 4. The van der Waals surface area contributed by atoms with Gasteiger partial charge in [-0.1, -0.05) is 7.43 Å². The van der Waals surface area contributed by atoms with Gasteiger partial charge in [-0.25, -0.2) is 0 Å². The highest BCUT2D eigenvalue weighted by molar-refractivity contribution is 5.84. The lowest BCUT2D eigenvalue weighted by Crippen LogP contribution is -2.31. The lowest BCUT2D eigenvalue weighted by atomic mass is 10.1. The van der Waals surface area contributed by atoms with E-state index in [1.54, 1.807) is 0 Å².